The van der Waals surface area contributed by atoms with Crippen molar-refractivity contribution in [2.24, 2.45) is 0 Å². The van der Waals surface area contributed by atoms with Gasteiger partial charge in [-0.3, -0.25) is 0 Å². The number of rotatable bonds is 8. The Balaban J connectivity index is 1.85. The summed E-state index contributed by atoms with van der Waals surface area (Å²) in [6, 6.07) is 13.8. The number of methoxy groups -OCH3 is 1. The van der Waals surface area contributed by atoms with E-state index in [2.05, 4.69) is 29.2 Å². The number of benzene rings is 2. The highest BCUT2D eigenvalue weighted by Crippen LogP contribution is 2.28. The number of allylic oxidation sites excluding steroid dienone is 1. The summed E-state index contributed by atoms with van der Waals surface area (Å²) in [5, 5.41) is 0. The van der Waals surface area contributed by atoms with E-state index in [1.807, 2.05) is 48.5 Å². The lowest BCUT2D eigenvalue weighted by molar-refractivity contribution is 0.211. The van der Waals surface area contributed by atoms with Gasteiger partial charge in [-0.1, -0.05) is 12.1 Å². The molecule has 0 saturated carbocycles. The maximum Gasteiger partial charge on any atom is 0.161 e. The van der Waals surface area contributed by atoms with Gasteiger partial charge in [0.25, 0.3) is 0 Å². The van der Waals surface area contributed by atoms with Crippen LogP contribution in [0.4, 0.5) is 0 Å². The minimum Gasteiger partial charge on any atom is -0.493 e. The Morgan fingerprint density at radius 2 is 1.73 bits per heavy atom. The Morgan fingerprint density at radius 1 is 1.00 bits per heavy atom. The highest BCUT2D eigenvalue weighted by Gasteiger charge is 2.05. The molecule has 0 unspecified atom stereocenters. The van der Waals surface area contributed by atoms with Gasteiger partial charge < -0.3 is 14.2 Å². The summed E-state index contributed by atoms with van der Waals surface area (Å²) in [5.74, 6) is 2.30. The molecule has 0 heterocycles. The van der Waals surface area contributed by atoms with E-state index in [9.17, 15) is 0 Å². The normalized spacial score (nSPS) is 10.1. The third-order valence-corrected chi connectivity index (χ3v) is 3.75. The summed E-state index contributed by atoms with van der Waals surface area (Å²) in [4.78, 5) is 0. The van der Waals surface area contributed by atoms with Crippen molar-refractivity contribution in [1.29, 1.82) is 0 Å². The molecule has 116 valence electrons. The summed E-state index contributed by atoms with van der Waals surface area (Å²) in [6.45, 7) is 4.69. The lowest BCUT2D eigenvalue weighted by atomic mass is 10.1. The molecule has 0 aliphatic carbocycles. The van der Waals surface area contributed by atoms with Crippen molar-refractivity contribution < 1.29 is 14.2 Å². The van der Waals surface area contributed by atoms with Gasteiger partial charge in [0.2, 0.25) is 0 Å². The topological polar surface area (TPSA) is 27.7 Å². The SMILES string of the molecule is C=CCc1ccc(OCCOc2ccc(I)cc2)c(OC)c1. The minimum atomic E-state index is 0.461. The predicted octanol–water partition coefficient (Wildman–Crippen LogP) is 4.49. The molecule has 22 heavy (non-hydrogen) atoms. The fourth-order valence-electron chi connectivity index (χ4n) is 1.97. The maximum absolute atomic E-state index is 5.73. The van der Waals surface area contributed by atoms with Crippen LogP contribution in [-0.4, -0.2) is 20.3 Å². The molecule has 0 aromatic heterocycles. The molecule has 0 radical (unpaired) electrons. The highest BCUT2D eigenvalue weighted by atomic mass is 127. The second kappa shape index (κ2) is 8.68. The van der Waals surface area contributed by atoms with Crippen molar-refractivity contribution in [1.82, 2.24) is 0 Å². The monoisotopic (exact) mass is 410 g/mol. The van der Waals surface area contributed by atoms with Gasteiger partial charge in [-0.2, -0.15) is 0 Å². The molecule has 0 atom stereocenters. The van der Waals surface area contributed by atoms with Crippen LogP contribution in [0.3, 0.4) is 0 Å². The van der Waals surface area contributed by atoms with Crippen LogP contribution in [-0.2, 0) is 6.42 Å². The zero-order chi connectivity index (χ0) is 15.8. The molecule has 0 aliphatic rings. The first kappa shape index (κ1) is 16.7. The zero-order valence-corrected chi connectivity index (χ0v) is 14.7. The number of hydrogen-bond donors (Lipinski definition) is 0. The zero-order valence-electron chi connectivity index (χ0n) is 12.5. The van der Waals surface area contributed by atoms with Crippen LogP contribution in [0.2, 0.25) is 0 Å². The fraction of sp³-hybridized carbons (Fsp3) is 0.222. The van der Waals surface area contributed by atoms with Gasteiger partial charge in [0.1, 0.15) is 19.0 Å². The summed E-state index contributed by atoms with van der Waals surface area (Å²) in [5.41, 5.74) is 1.15. The molecule has 0 saturated heterocycles. The third kappa shape index (κ3) is 4.94. The molecule has 2 aromatic carbocycles. The van der Waals surface area contributed by atoms with Crippen LogP contribution in [0.5, 0.6) is 17.2 Å². The van der Waals surface area contributed by atoms with E-state index in [0.717, 1.165) is 29.2 Å². The van der Waals surface area contributed by atoms with Crippen molar-refractivity contribution in [2.45, 2.75) is 6.42 Å². The van der Waals surface area contributed by atoms with E-state index in [1.165, 1.54) is 3.57 Å². The van der Waals surface area contributed by atoms with Crippen LogP contribution in [0.1, 0.15) is 5.56 Å². The van der Waals surface area contributed by atoms with Gasteiger partial charge in [-0.15, -0.1) is 6.58 Å². The van der Waals surface area contributed by atoms with E-state index in [0.29, 0.717) is 13.2 Å². The molecule has 0 bridgehead atoms. The first-order valence-electron chi connectivity index (χ1n) is 7.02. The smallest absolute Gasteiger partial charge is 0.161 e. The average molecular weight is 410 g/mol. The lowest BCUT2D eigenvalue weighted by Crippen LogP contribution is -2.09. The van der Waals surface area contributed by atoms with Crippen LogP contribution in [0, 0.1) is 3.57 Å². The molecule has 2 rings (SSSR count). The second-order valence-electron chi connectivity index (χ2n) is 4.63. The van der Waals surface area contributed by atoms with Gasteiger partial charge in [0.05, 0.1) is 7.11 Å². The summed E-state index contributed by atoms with van der Waals surface area (Å²) in [6.07, 6.45) is 2.68. The number of ether oxygens (including phenoxy) is 3. The quantitative estimate of drug-likeness (QED) is 0.365. The Bertz CT molecular complexity index is 608. The molecule has 3 nitrogen and oxygen atoms in total. The average Bonchev–Trinajstić information content (AvgIpc) is 2.54. The minimum absolute atomic E-state index is 0.461. The van der Waals surface area contributed by atoms with E-state index in [1.54, 1.807) is 7.11 Å². The fourth-order valence-corrected chi connectivity index (χ4v) is 2.33. The van der Waals surface area contributed by atoms with E-state index >= 15 is 0 Å². The van der Waals surface area contributed by atoms with Gasteiger partial charge in [0, 0.05) is 3.57 Å². The van der Waals surface area contributed by atoms with Crippen LogP contribution >= 0.6 is 22.6 Å². The predicted molar refractivity (Wildman–Crippen MR) is 97.0 cm³/mol. The lowest BCUT2D eigenvalue weighted by Gasteiger charge is -2.12. The Hall–Kier alpha value is -1.69. The van der Waals surface area contributed by atoms with Crippen molar-refractivity contribution in [3.8, 4) is 17.2 Å². The Morgan fingerprint density at radius 3 is 2.41 bits per heavy atom. The molecular formula is C18H19IO3. The molecule has 0 fully saturated rings. The van der Waals surface area contributed by atoms with Gasteiger partial charge in [-0.25, -0.2) is 0 Å². The molecule has 2 aromatic rings. The van der Waals surface area contributed by atoms with Gasteiger partial charge in [-0.05, 0) is 71.0 Å². The Kier molecular flexibility index (Phi) is 6.58. The van der Waals surface area contributed by atoms with E-state index < -0.39 is 0 Å². The first-order chi connectivity index (χ1) is 10.7. The summed E-state index contributed by atoms with van der Waals surface area (Å²) >= 11 is 2.27. The summed E-state index contributed by atoms with van der Waals surface area (Å²) < 4.78 is 17.9. The van der Waals surface area contributed by atoms with E-state index in [4.69, 9.17) is 14.2 Å². The standard InChI is InChI=1S/C18H19IO3/c1-3-4-14-5-10-17(18(13-14)20-2)22-12-11-21-16-8-6-15(19)7-9-16/h3,5-10,13H,1,4,11-12H2,2H3. The highest BCUT2D eigenvalue weighted by molar-refractivity contribution is 14.1. The second-order valence-corrected chi connectivity index (χ2v) is 5.87. The van der Waals surface area contributed by atoms with Gasteiger partial charge >= 0.3 is 0 Å². The van der Waals surface area contributed by atoms with Gasteiger partial charge in [0.15, 0.2) is 11.5 Å². The van der Waals surface area contributed by atoms with Crippen molar-refractivity contribution in [3.63, 3.8) is 0 Å². The van der Waals surface area contributed by atoms with Crippen LogP contribution < -0.4 is 14.2 Å². The van der Waals surface area contributed by atoms with Crippen LogP contribution in [0.15, 0.2) is 55.1 Å². The van der Waals surface area contributed by atoms with E-state index in [-0.39, 0.29) is 0 Å². The van der Waals surface area contributed by atoms with Crippen molar-refractivity contribution in [2.75, 3.05) is 20.3 Å². The van der Waals surface area contributed by atoms with Crippen molar-refractivity contribution in [3.05, 3.63) is 64.3 Å². The Labute approximate surface area is 145 Å². The van der Waals surface area contributed by atoms with Crippen molar-refractivity contribution >= 4 is 22.6 Å². The maximum atomic E-state index is 5.73. The molecule has 0 spiro atoms. The molecule has 4 heteroatoms. The molecule has 0 amide bonds. The molecule has 0 aliphatic heterocycles. The van der Waals surface area contributed by atoms with Crippen LogP contribution in [0.25, 0.3) is 0 Å². The summed E-state index contributed by atoms with van der Waals surface area (Å²) in [7, 11) is 1.64. The molecule has 0 N–H and O–H groups in total. The largest absolute Gasteiger partial charge is 0.493 e. The third-order valence-electron chi connectivity index (χ3n) is 3.03. The number of hydrogen-bond acceptors (Lipinski definition) is 3. The molecular weight excluding hydrogens is 391 g/mol. The number of halogens is 1. The first-order valence-corrected chi connectivity index (χ1v) is 8.10.